The first kappa shape index (κ1) is 13.8. The second kappa shape index (κ2) is 5.57. The number of aromatic nitrogens is 2. The van der Waals surface area contributed by atoms with E-state index in [0.717, 1.165) is 0 Å². The lowest BCUT2D eigenvalue weighted by atomic mass is 10.3. The van der Waals surface area contributed by atoms with Gasteiger partial charge in [0.1, 0.15) is 17.9 Å². The molecule has 0 aliphatic carbocycles. The highest BCUT2D eigenvalue weighted by atomic mass is 35.5. The second-order valence-corrected chi connectivity index (χ2v) is 4.84. The van der Waals surface area contributed by atoms with Crippen LogP contribution in [0, 0.1) is 5.82 Å². The first-order valence-corrected chi connectivity index (χ1v) is 6.55. The van der Waals surface area contributed by atoms with Gasteiger partial charge in [-0.15, -0.1) is 11.6 Å². The van der Waals surface area contributed by atoms with Gasteiger partial charge in [-0.3, -0.25) is 4.79 Å². The van der Waals surface area contributed by atoms with E-state index in [1.807, 2.05) is 13.8 Å². The normalized spacial score (nSPS) is 11.2. The molecule has 19 heavy (non-hydrogen) atoms. The van der Waals surface area contributed by atoms with Crippen molar-refractivity contribution >= 4 is 28.5 Å². The number of hydrogen-bond donors (Lipinski definition) is 1. The molecule has 0 aliphatic heterocycles. The van der Waals surface area contributed by atoms with Crippen LogP contribution >= 0.6 is 11.6 Å². The van der Waals surface area contributed by atoms with Crippen LogP contribution in [0.15, 0.2) is 18.2 Å². The van der Waals surface area contributed by atoms with Gasteiger partial charge in [-0.25, -0.2) is 9.37 Å². The number of nitrogens with zero attached hydrogens (tertiary/aromatic N) is 2. The summed E-state index contributed by atoms with van der Waals surface area (Å²) in [6.07, 6.45) is 0. The van der Waals surface area contributed by atoms with Gasteiger partial charge in [-0.05, 0) is 26.0 Å². The van der Waals surface area contributed by atoms with Crippen molar-refractivity contribution in [3.05, 3.63) is 29.8 Å². The summed E-state index contributed by atoms with van der Waals surface area (Å²) in [7, 11) is 0. The first-order chi connectivity index (χ1) is 9.02. The van der Waals surface area contributed by atoms with Crippen molar-refractivity contribution in [1.29, 1.82) is 0 Å². The summed E-state index contributed by atoms with van der Waals surface area (Å²) in [6, 6.07) is 4.71. The molecule has 1 aromatic heterocycles. The third-order valence-electron chi connectivity index (χ3n) is 2.68. The van der Waals surface area contributed by atoms with Gasteiger partial charge >= 0.3 is 0 Å². The number of rotatable bonds is 4. The van der Waals surface area contributed by atoms with Gasteiger partial charge in [0.15, 0.2) is 5.82 Å². The van der Waals surface area contributed by atoms with Crippen molar-refractivity contribution in [1.82, 2.24) is 14.9 Å². The summed E-state index contributed by atoms with van der Waals surface area (Å²) in [5.74, 6) is 0.0563. The number of halogens is 2. The largest absolute Gasteiger partial charge is 0.352 e. The van der Waals surface area contributed by atoms with E-state index in [2.05, 4.69) is 10.3 Å². The standard InChI is InChI=1S/C13H15ClFN3O/c1-8(2)16-12(19)7-18-10-5-3-4-9(15)13(10)17-11(18)6-14/h3-5,8H,6-7H2,1-2H3,(H,16,19). The summed E-state index contributed by atoms with van der Waals surface area (Å²) in [5, 5.41) is 2.79. The highest BCUT2D eigenvalue weighted by Crippen LogP contribution is 2.20. The van der Waals surface area contributed by atoms with E-state index in [4.69, 9.17) is 11.6 Å². The van der Waals surface area contributed by atoms with Crippen LogP contribution < -0.4 is 5.32 Å². The minimum atomic E-state index is -0.410. The van der Waals surface area contributed by atoms with Crippen LogP contribution in [0.2, 0.25) is 0 Å². The molecular formula is C13H15ClFN3O. The van der Waals surface area contributed by atoms with E-state index in [0.29, 0.717) is 11.3 Å². The van der Waals surface area contributed by atoms with Crippen molar-refractivity contribution in [2.75, 3.05) is 0 Å². The molecule has 1 aromatic carbocycles. The number of fused-ring (bicyclic) bond motifs is 1. The first-order valence-electron chi connectivity index (χ1n) is 6.02. The number of benzene rings is 1. The SMILES string of the molecule is CC(C)NC(=O)Cn1c(CCl)nc2c(F)cccc21. The van der Waals surface area contributed by atoms with Crippen molar-refractivity contribution in [2.45, 2.75) is 32.3 Å². The lowest BCUT2D eigenvalue weighted by molar-refractivity contribution is -0.122. The minimum Gasteiger partial charge on any atom is -0.352 e. The summed E-state index contributed by atoms with van der Waals surface area (Å²) in [4.78, 5) is 16.0. The monoisotopic (exact) mass is 283 g/mol. The molecule has 0 saturated carbocycles. The Bertz CT molecular complexity index is 609. The number of carbonyl (C=O) groups excluding carboxylic acids is 1. The number of hydrogen-bond acceptors (Lipinski definition) is 2. The molecular weight excluding hydrogens is 269 g/mol. The van der Waals surface area contributed by atoms with E-state index in [-0.39, 0.29) is 29.9 Å². The summed E-state index contributed by atoms with van der Waals surface area (Å²) in [5.41, 5.74) is 0.824. The van der Waals surface area contributed by atoms with Crippen molar-refractivity contribution in [2.24, 2.45) is 0 Å². The Balaban J connectivity index is 2.41. The fourth-order valence-corrected chi connectivity index (χ4v) is 2.15. The van der Waals surface area contributed by atoms with Crippen LogP contribution in [0.4, 0.5) is 4.39 Å². The van der Waals surface area contributed by atoms with Gasteiger partial charge in [-0.2, -0.15) is 0 Å². The summed E-state index contributed by atoms with van der Waals surface area (Å²) >= 11 is 5.81. The van der Waals surface area contributed by atoms with Crippen LogP contribution in [-0.4, -0.2) is 21.5 Å². The summed E-state index contributed by atoms with van der Waals surface area (Å²) < 4.78 is 15.3. The Labute approximate surface area is 115 Å². The molecule has 0 atom stereocenters. The molecule has 0 radical (unpaired) electrons. The van der Waals surface area contributed by atoms with E-state index in [1.165, 1.54) is 6.07 Å². The molecule has 0 bridgehead atoms. The molecule has 102 valence electrons. The average Bonchev–Trinajstić information content (AvgIpc) is 2.68. The van der Waals surface area contributed by atoms with Crippen molar-refractivity contribution in [3.8, 4) is 0 Å². The van der Waals surface area contributed by atoms with Crippen LogP contribution in [-0.2, 0) is 17.2 Å². The van der Waals surface area contributed by atoms with Crippen LogP contribution in [0.1, 0.15) is 19.7 Å². The number of carbonyl (C=O) groups is 1. The van der Waals surface area contributed by atoms with E-state index in [9.17, 15) is 9.18 Å². The Morgan fingerprint density at radius 2 is 2.26 bits per heavy atom. The Kier molecular flexibility index (Phi) is 4.04. The van der Waals surface area contributed by atoms with E-state index < -0.39 is 5.82 Å². The average molecular weight is 284 g/mol. The molecule has 6 heteroatoms. The maximum absolute atomic E-state index is 13.6. The topological polar surface area (TPSA) is 46.9 Å². The van der Waals surface area contributed by atoms with Crippen molar-refractivity contribution in [3.63, 3.8) is 0 Å². The van der Waals surface area contributed by atoms with E-state index >= 15 is 0 Å². The Hall–Kier alpha value is -1.62. The highest BCUT2D eigenvalue weighted by molar-refractivity contribution is 6.16. The third kappa shape index (κ3) is 2.87. The molecule has 0 saturated heterocycles. The van der Waals surface area contributed by atoms with Gasteiger partial charge in [-0.1, -0.05) is 6.07 Å². The summed E-state index contributed by atoms with van der Waals surface area (Å²) in [6.45, 7) is 3.85. The number of alkyl halides is 1. The maximum atomic E-state index is 13.6. The Morgan fingerprint density at radius 3 is 2.89 bits per heavy atom. The maximum Gasteiger partial charge on any atom is 0.240 e. The molecule has 1 N–H and O–H groups in total. The lowest BCUT2D eigenvalue weighted by Gasteiger charge is -2.11. The number of amides is 1. The fourth-order valence-electron chi connectivity index (χ4n) is 1.95. The van der Waals surface area contributed by atoms with Gasteiger partial charge in [0.25, 0.3) is 0 Å². The van der Waals surface area contributed by atoms with Gasteiger partial charge < -0.3 is 9.88 Å². The minimum absolute atomic E-state index is 0.0541. The molecule has 2 rings (SSSR count). The Morgan fingerprint density at radius 1 is 1.53 bits per heavy atom. The molecule has 4 nitrogen and oxygen atoms in total. The van der Waals surface area contributed by atoms with Crippen LogP contribution in [0.3, 0.4) is 0 Å². The van der Waals surface area contributed by atoms with Crippen LogP contribution in [0.25, 0.3) is 11.0 Å². The predicted octanol–water partition coefficient (Wildman–Crippen LogP) is 2.44. The number of para-hydroxylation sites is 1. The smallest absolute Gasteiger partial charge is 0.240 e. The van der Waals surface area contributed by atoms with Crippen LogP contribution in [0.5, 0.6) is 0 Å². The highest BCUT2D eigenvalue weighted by Gasteiger charge is 2.15. The zero-order chi connectivity index (χ0) is 14.0. The lowest BCUT2D eigenvalue weighted by Crippen LogP contribution is -2.33. The van der Waals surface area contributed by atoms with Gasteiger partial charge in [0.2, 0.25) is 5.91 Å². The molecule has 0 unspecified atom stereocenters. The van der Waals surface area contributed by atoms with E-state index in [1.54, 1.807) is 16.7 Å². The molecule has 0 aliphatic rings. The third-order valence-corrected chi connectivity index (χ3v) is 2.92. The molecule has 1 amide bonds. The molecule has 0 fully saturated rings. The quantitative estimate of drug-likeness (QED) is 0.876. The second-order valence-electron chi connectivity index (χ2n) is 4.58. The van der Waals surface area contributed by atoms with Crippen molar-refractivity contribution < 1.29 is 9.18 Å². The fraction of sp³-hybridized carbons (Fsp3) is 0.385. The zero-order valence-corrected chi connectivity index (χ0v) is 11.5. The number of nitrogens with one attached hydrogen (secondary N) is 1. The van der Waals surface area contributed by atoms with Gasteiger partial charge in [0.05, 0.1) is 11.4 Å². The van der Waals surface area contributed by atoms with Gasteiger partial charge in [0, 0.05) is 6.04 Å². The zero-order valence-electron chi connectivity index (χ0n) is 10.8. The number of imidazole rings is 1. The predicted molar refractivity (Wildman–Crippen MR) is 72.5 cm³/mol. The molecule has 2 aromatic rings. The molecule has 1 heterocycles. The molecule has 0 spiro atoms.